The number of carbonyl (C=O) groups excluding carboxylic acids is 1. The molecule has 4 heteroatoms. The molecule has 1 aromatic carbocycles. The summed E-state index contributed by atoms with van der Waals surface area (Å²) in [7, 11) is 0. The third kappa shape index (κ3) is 2.89. The van der Waals surface area contributed by atoms with Gasteiger partial charge in [-0.25, -0.2) is 0 Å². The van der Waals surface area contributed by atoms with Crippen LogP contribution in [0, 0.1) is 6.92 Å². The molecule has 1 aliphatic rings. The fourth-order valence-corrected chi connectivity index (χ4v) is 2.77. The van der Waals surface area contributed by atoms with Crippen molar-refractivity contribution in [3.05, 3.63) is 34.3 Å². The van der Waals surface area contributed by atoms with Crippen LogP contribution in [0.4, 0.5) is 0 Å². The molecule has 0 aliphatic heterocycles. The summed E-state index contributed by atoms with van der Waals surface area (Å²) in [5.74, 6) is 0.110. The molecule has 1 aromatic rings. The van der Waals surface area contributed by atoms with E-state index >= 15 is 0 Å². The number of hydrogen-bond acceptors (Lipinski definition) is 1. The minimum absolute atomic E-state index is 0.110. The van der Waals surface area contributed by atoms with Crippen molar-refractivity contribution in [2.45, 2.75) is 32.2 Å². The molecule has 2 rings (SSSR count). The number of benzene rings is 1. The molecule has 1 amide bonds. The fraction of sp³-hybridized carbons (Fsp3) is 0.500. The maximum Gasteiger partial charge on any atom is 0.254 e. The summed E-state index contributed by atoms with van der Waals surface area (Å²) in [6, 6.07) is 5.92. The number of alkyl halides is 1. The normalized spacial score (nSPS) is 15.3. The Morgan fingerprint density at radius 2 is 2.22 bits per heavy atom. The van der Waals surface area contributed by atoms with E-state index in [-0.39, 0.29) is 5.91 Å². The van der Waals surface area contributed by atoms with Gasteiger partial charge < -0.3 is 4.90 Å². The lowest BCUT2D eigenvalue weighted by molar-refractivity contribution is 0.0599. The van der Waals surface area contributed by atoms with Gasteiger partial charge in [0.2, 0.25) is 0 Å². The Balaban J connectivity index is 2.23. The number of carbonyl (C=O) groups is 1. The van der Waals surface area contributed by atoms with Crippen LogP contribution in [0.25, 0.3) is 0 Å². The van der Waals surface area contributed by atoms with E-state index in [2.05, 4.69) is 15.9 Å². The summed E-state index contributed by atoms with van der Waals surface area (Å²) in [4.78, 5) is 14.6. The number of aryl methyl sites for hydroxylation is 1. The average Bonchev–Trinajstić information content (AvgIpc) is 2.28. The van der Waals surface area contributed by atoms with Crippen LogP contribution in [-0.2, 0) is 0 Å². The lowest BCUT2D eigenvalue weighted by Gasteiger charge is -2.37. The lowest BCUT2D eigenvalue weighted by Crippen LogP contribution is -2.45. The number of amides is 1. The van der Waals surface area contributed by atoms with Crippen LogP contribution in [0.3, 0.4) is 0 Å². The van der Waals surface area contributed by atoms with E-state index in [1.807, 2.05) is 24.0 Å². The summed E-state index contributed by atoms with van der Waals surface area (Å²) in [5, 5.41) is 1.44. The average molecular weight is 331 g/mol. The van der Waals surface area contributed by atoms with Gasteiger partial charge in [0.15, 0.2) is 0 Å². The summed E-state index contributed by atoms with van der Waals surface area (Å²) in [6.07, 6.45) is 3.47. The van der Waals surface area contributed by atoms with Gasteiger partial charge in [-0.05, 0) is 43.9 Å². The van der Waals surface area contributed by atoms with Gasteiger partial charge in [-0.1, -0.05) is 33.6 Å². The van der Waals surface area contributed by atoms with Crippen molar-refractivity contribution in [1.29, 1.82) is 0 Å². The largest absolute Gasteiger partial charge is 0.335 e. The van der Waals surface area contributed by atoms with Crippen molar-refractivity contribution in [2.75, 3.05) is 11.9 Å². The van der Waals surface area contributed by atoms with E-state index in [1.165, 1.54) is 6.42 Å². The van der Waals surface area contributed by atoms with Crippen molar-refractivity contribution in [2.24, 2.45) is 0 Å². The Labute approximate surface area is 121 Å². The first-order valence-corrected chi connectivity index (χ1v) is 7.76. The standard InChI is InChI=1S/C14H17BrClNO/c1-10-5-6-11(16)9-13(10)14(18)17(8-7-15)12-3-2-4-12/h5-6,9,12H,2-4,7-8H2,1H3. The van der Waals surface area contributed by atoms with Gasteiger partial charge >= 0.3 is 0 Å². The van der Waals surface area contributed by atoms with Gasteiger partial charge in [-0.3, -0.25) is 4.79 Å². The van der Waals surface area contributed by atoms with Gasteiger partial charge in [-0.15, -0.1) is 0 Å². The summed E-state index contributed by atoms with van der Waals surface area (Å²) in [6.45, 7) is 2.71. The molecule has 98 valence electrons. The third-order valence-corrected chi connectivity index (χ3v) is 4.12. The molecule has 1 saturated carbocycles. The first kappa shape index (κ1) is 13.9. The van der Waals surface area contributed by atoms with E-state index < -0.39 is 0 Å². The molecule has 0 N–H and O–H groups in total. The molecule has 18 heavy (non-hydrogen) atoms. The number of halogens is 2. The van der Waals surface area contributed by atoms with Gasteiger partial charge in [0.1, 0.15) is 0 Å². The van der Waals surface area contributed by atoms with Crippen molar-refractivity contribution in [3.63, 3.8) is 0 Å². The predicted octanol–water partition coefficient (Wildman–Crippen LogP) is 4.04. The smallest absolute Gasteiger partial charge is 0.254 e. The first-order chi connectivity index (χ1) is 8.63. The van der Waals surface area contributed by atoms with Crippen LogP contribution in [0.5, 0.6) is 0 Å². The molecule has 2 nitrogen and oxygen atoms in total. The molecule has 0 bridgehead atoms. The Kier molecular flexibility index (Phi) is 4.68. The van der Waals surface area contributed by atoms with E-state index in [4.69, 9.17) is 11.6 Å². The summed E-state index contributed by atoms with van der Waals surface area (Å²) >= 11 is 9.42. The zero-order chi connectivity index (χ0) is 13.1. The summed E-state index contributed by atoms with van der Waals surface area (Å²) < 4.78 is 0. The fourth-order valence-electron chi connectivity index (χ4n) is 2.22. The second-order valence-corrected chi connectivity index (χ2v) is 5.96. The molecule has 0 radical (unpaired) electrons. The molecular weight excluding hydrogens is 314 g/mol. The van der Waals surface area contributed by atoms with E-state index in [0.717, 1.165) is 35.8 Å². The molecule has 1 fully saturated rings. The van der Waals surface area contributed by atoms with Crippen molar-refractivity contribution >= 4 is 33.4 Å². The SMILES string of the molecule is Cc1ccc(Cl)cc1C(=O)N(CCBr)C1CCC1. The molecular formula is C14H17BrClNO. The molecule has 0 spiro atoms. The topological polar surface area (TPSA) is 20.3 Å². The van der Waals surface area contributed by atoms with Gasteiger partial charge in [0.05, 0.1) is 0 Å². The maximum atomic E-state index is 12.6. The maximum absolute atomic E-state index is 12.6. The third-order valence-electron chi connectivity index (χ3n) is 3.53. The van der Waals surface area contributed by atoms with Crippen LogP contribution in [-0.4, -0.2) is 28.7 Å². The first-order valence-electron chi connectivity index (χ1n) is 6.26. The molecule has 0 heterocycles. The second-order valence-electron chi connectivity index (χ2n) is 4.73. The Hall–Kier alpha value is -0.540. The minimum Gasteiger partial charge on any atom is -0.335 e. The minimum atomic E-state index is 0.110. The molecule has 0 aromatic heterocycles. The lowest BCUT2D eigenvalue weighted by atomic mass is 9.90. The Morgan fingerprint density at radius 1 is 1.50 bits per heavy atom. The molecule has 1 aliphatic carbocycles. The van der Waals surface area contributed by atoms with Crippen LogP contribution in [0.2, 0.25) is 5.02 Å². The highest BCUT2D eigenvalue weighted by Gasteiger charge is 2.29. The van der Waals surface area contributed by atoms with Crippen molar-refractivity contribution < 1.29 is 4.79 Å². The number of rotatable bonds is 4. The Morgan fingerprint density at radius 3 is 2.78 bits per heavy atom. The summed E-state index contributed by atoms with van der Waals surface area (Å²) in [5.41, 5.74) is 1.72. The Bertz CT molecular complexity index is 445. The highest BCUT2D eigenvalue weighted by molar-refractivity contribution is 9.09. The van der Waals surface area contributed by atoms with Crippen LogP contribution < -0.4 is 0 Å². The number of nitrogens with zero attached hydrogens (tertiary/aromatic N) is 1. The van der Waals surface area contributed by atoms with Gasteiger partial charge in [0, 0.05) is 28.5 Å². The van der Waals surface area contributed by atoms with E-state index in [0.29, 0.717) is 11.1 Å². The van der Waals surface area contributed by atoms with Gasteiger partial charge in [0.25, 0.3) is 5.91 Å². The predicted molar refractivity (Wildman–Crippen MR) is 78.7 cm³/mol. The molecule has 0 atom stereocenters. The quantitative estimate of drug-likeness (QED) is 0.763. The van der Waals surface area contributed by atoms with E-state index in [9.17, 15) is 4.79 Å². The van der Waals surface area contributed by atoms with Crippen LogP contribution in [0.15, 0.2) is 18.2 Å². The van der Waals surface area contributed by atoms with Crippen molar-refractivity contribution in [3.8, 4) is 0 Å². The van der Waals surface area contributed by atoms with Gasteiger partial charge in [-0.2, -0.15) is 0 Å². The van der Waals surface area contributed by atoms with Crippen LogP contribution >= 0.6 is 27.5 Å². The molecule has 0 saturated heterocycles. The molecule has 0 unspecified atom stereocenters. The second kappa shape index (κ2) is 6.07. The highest BCUT2D eigenvalue weighted by Crippen LogP contribution is 2.27. The number of hydrogen-bond donors (Lipinski definition) is 0. The van der Waals surface area contributed by atoms with Crippen molar-refractivity contribution in [1.82, 2.24) is 4.90 Å². The zero-order valence-corrected chi connectivity index (χ0v) is 12.8. The van der Waals surface area contributed by atoms with E-state index in [1.54, 1.807) is 6.07 Å². The monoisotopic (exact) mass is 329 g/mol. The highest BCUT2D eigenvalue weighted by atomic mass is 79.9. The zero-order valence-electron chi connectivity index (χ0n) is 10.5. The van der Waals surface area contributed by atoms with Crippen LogP contribution in [0.1, 0.15) is 35.2 Å².